The minimum atomic E-state index is -0.364. The Morgan fingerprint density at radius 3 is 2.78 bits per heavy atom. The number of hydrogen-bond donors (Lipinski definition) is 3. The van der Waals surface area contributed by atoms with E-state index in [1.54, 1.807) is 0 Å². The predicted octanol–water partition coefficient (Wildman–Crippen LogP) is -1.35. The summed E-state index contributed by atoms with van der Waals surface area (Å²) in [7, 11) is 0. The van der Waals surface area contributed by atoms with Crippen LogP contribution in [0.25, 0.3) is 0 Å². The molecule has 6 heteroatoms. The first-order valence-electron chi connectivity index (χ1n) is 6.74. The van der Waals surface area contributed by atoms with Gasteiger partial charge < -0.3 is 15.2 Å². The van der Waals surface area contributed by atoms with Gasteiger partial charge in [0.2, 0.25) is 5.91 Å². The van der Waals surface area contributed by atoms with Crippen molar-refractivity contribution in [2.45, 2.75) is 36.9 Å². The van der Waals surface area contributed by atoms with E-state index in [0.29, 0.717) is 26.3 Å². The Kier molecular flexibility index (Phi) is 3.27. The molecule has 3 saturated heterocycles. The van der Waals surface area contributed by atoms with Gasteiger partial charge in [0, 0.05) is 19.7 Å². The second kappa shape index (κ2) is 4.77. The van der Waals surface area contributed by atoms with E-state index in [-0.39, 0.29) is 23.6 Å². The van der Waals surface area contributed by atoms with Crippen molar-refractivity contribution in [3.8, 4) is 0 Å². The Balaban J connectivity index is 1.61. The number of hydrogen-bond acceptors (Lipinski definition) is 5. The summed E-state index contributed by atoms with van der Waals surface area (Å²) in [6.07, 6.45) is 2.04. The van der Waals surface area contributed by atoms with Gasteiger partial charge >= 0.3 is 0 Å². The number of likely N-dealkylation sites (tertiary alicyclic amines) is 1. The molecule has 1 amide bonds. The van der Waals surface area contributed by atoms with Gasteiger partial charge in [-0.05, 0) is 19.3 Å². The largest absolute Gasteiger partial charge is 0.391 e. The number of piperidine rings is 1. The van der Waals surface area contributed by atoms with Crippen molar-refractivity contribution in [3.63, 3.8) is 0 Å². The lowest BCUT2D eigenvalue weighted by Crippen LogP contribution is -2.59. The number of nitrogens with zero attached hydrogens (tertiary/aromatic N) is 1. The minimum absolute atomic E-state index is 0.0977. The van der Waals surface area contributed by atoms with Crippen molar-refractivity contribution in [1.82, 2.24) is 15.5 Å². The molecule has 0 radical (unpaired) electrons. The molecule has 102 valence electrons. The normalized spacial score (nSPS) is 36.8. The van der Waals surface area contributed by atoms with E-state index in [1.165, 1.54) is 0 Å². The smallest absolute Gasteiger partial charge is 0.241 e. The topological polar surface area (TPSA) is 73.8 Å². The molecule has 0 aromatic carbocycles. The van der Waals surface area contributed by atoms with Gasteiger partial charge in [-0.15, -0.1) is 0 Å². The van der Waals surface area contributed by atoms with Crippen molar-refractivity contribution in [2.75, 3.05) is 33.0 Å². The number of rotatable bonds is 1. The van der Waals surface area contributed by atoms with Gasteiger partial charge in [0.15, 0.2) is 0 Å². The van der Waals surface area contributed by atoms with Crippen LogP contribution in [0.2, 0.25) is 0 Å². The number of aliphatic hydroxyl groups is 1. The number of ether oxygens (including phenoxy) is 1. The summed E-state index contributed by atoms with van der Waals surface area (Å²) >= 11 is 0. The van der Waals surface area contributed by atoms with Gasteiger partial charge in [0.25, 0.3) is 0 Å². The van der Waals surface area contributed by atoms with E-state index in [9.17, 15) is 9.90 Å². The number of carbonyl (C=O) groups excluding carboxylic acids is 1. The Morgan fingerprint density at radius 1 is 1.39 bits per heavy atom. The zero-order valence-electron chi connectivity index (χ0n) is 10.5. The fourth-order valence-corrected chi connectivity index (χ4v) is 3.24. The first-order valence-corrected chi connectivity index (χ1v) is 6.74. The Labute approximate surface area is 107 Å². The molecule has 18 heavy (non-hydrogen) atoms. The molecule has 1 spiro atoms. The second-order valence-corrected chi connectivity index (χ2v) is 5.48. The van der Waals surface area contributed by atoms with Crippen LogP contribution in [0.5, 0.6) is 0 Å². The number of carbonyl (C=O) groups is 1. The van der Waals surface area contributed by atoms with Crippen LogP contribution in [0.3, 0.4) is 0 Å². The second-order valence-electron chi connectivity index (χ2n) is 5.48. The fourth-order valence-electron chi connectivity index (χ4n) is 3.24. The molecule has 0 aliphatic carbocycles. The van der Waals surface area contributed by atoms with Crippen LogP contribution in [0.15, 0.2) is 0 Å². The molecule has 3 rings (SSSR count). The molecule has 0 aromatic rings. The van der Waals surface area contributed by atoms with Crippen LogP contribution in [0.4, 0.5) is 0 Å². The molecule has 0 aromatic heterocycles. The Hall–Kier alpha value is -0.690. The lowest BCUT2D eigenvalue weighted by Gasteiger charge is -2.43. The molecule has 3 fully saturated rings. The van der Waals surface area contributed by atoms with Gasteiger partial charge in [-0.2, -0.15) is 0 Å². The van der Waals surface area contributed by atoms with Crippen LogP contribution in [-0.4, -0.2) is 66.6 Å². The van der Waals surface area contributed by atoms with Crippen LogP contribution in [-0.2, 0) is 9.53 Å². The van der Waals surface area contributed by atoms with Crippen molar-refractivity contribution >= 4 is 5.91 Å². The average Bonchev–Trinajstić information content (AvgIpc) is 2.73. The number of aliphatic hydroxyl groups excluding tert-OH is 1. The lowest BCUT2D eigenvalue weighted by atomic mass is 9.86. The molecule has 0 unspecified atom stereocenters. The molecular formula is C12H21N3O3. The monoisotopic (exact) mass is 255 g/mol. The summed E-state index contributed by atoms with van der Waals surface area (Å²) in [5, 5.41) is 16.1. The Bertz CT molecular complexity index is 329. The fraction of sp³-hybridized carbons (Fsp3) is 0.917. The van der Waals surface area contributed by atoms with Crippen molar-refractivity contribution < 1.29 is 14.6 Å². The van der Waals surface area contributed by atoms with Gasteiger partial charge in [0.05, 0.1) is 25.4 Å². The van der Waals surface area contributed by atoms with Crippen molar-refractivity contribution in [2.24, 2.45) is 0 Å². The van der Waals surface area contributed by atoms with Gasteiger partial charge in [-0.1, -0.05) is 0 Å². The highest BCUT2D eigenvalue weighted by molar-refractivity contribution is 5.88. The molecular weight excluding hydrogens is 234 g/mol. The first-order chi connectivity index (χ1) is 8.71. The maximum Gasteiger partial charge on any atom is 0.241 e. The molecule has 3 aliphatic rings. The Morgan fingerprint density at radius 2 is 2.17 bits per heavy atom. The molecule has 0 saturated carbocycles. The highest BCUT2D eigenvalue weighted by atomic mass is 16.5. The first kappa shape index (κ1) is 12.3. The summed E-state index contributed by atoms with van der Waals surface area (Å²) in [6.45, 7) is 3.51. The summed E-state index contributed by atoms with van der Waals surface area (Å²) in [4.78, 5) is 14.1. The zero-order chi connectivity index (χ0) is 12.6. The third-order valence-electron chi connectivity index (χ3n) is 4.52. The number of nitrogens with one attached hydrogen (secondary N) is 2. The average molecular weight is 255 g/mol. The molecule has 3 heterocycles. The van der Waals surface area contributed by atoms with E-state index in [2.05, 4.69) is 15.5 Å². The van der Waals surface area contributed by atoms with Gasteiger partial charge in [-0.25, -0.2) is 0 Å². The van der Waals surface area contributed by atoms with Crippen LogP contribution in [0.1, 0.15) is 19.3 Å². The summed E-state index contributed by atoms with van der Waals surface area (Å²) in [5.41, 5.74) is -0.364. The van der Waals surface area contributed by atoms with E-state index in [4.69, 9.17) is 4.74 Å². The molecule has 2 atom stereocenters. The van der Waals surface area contributed by atoms with Crippen molar-refractivity contribution in [3.05, 3.63) is 0 Å². The van der Waals surface area contributed by atoms with Crippen LogP contribution >= 0.6 is 0 Å². The predicted molar refractivity (Wildman–Crippen MR) is 64.9 cm³/mol. The number of amides is 1. The van der Waals surface area contributed by atoms with E-state index in [1.807, 2.05) is 0 Å². The maximum absolute atomic E-state index is 11.8. The van der Waals surface area contributed by atoms with Gasteiger partial charge in [-0.3, -0.25) is 15.0 Å². The third kappa shape index (κ3) is 2.03. The maximum atomic E-state index is 11.8. The van der Waals surface area contributed by atoms with E-state index in [0.717, 1.165) is 25.9 Å². The standard InChI is InChI=1S/C12H21N3O3/c16-10-1-6-18-7-9(10)15-4-2-12(3-5-15)11(17)13-8-14-12/h9-10,14,16H,1-8H2,(H,13,17)/t9-,10-/m0/s1. The van der Waals surface area contributed by atoms with E-state index >= 15 is 0 Å². The highest BCUT2D eigenvalue weighted by Crippen LogP contribution is 2.27. The quantitative estimate of drug-likeness (QED) is 0.540. The van der Waals surface area contributed by atoms with E-state index < -0.39 is 0 Å². The van der Waals surface area contributed by atoms with Crippen LogP contribution < -0.4 is 10.6 Å². The SMILES string of the molecule is O=C1NCNC12CCN([C@H]1COCC[C@@H]1O)CC2. The summed E-state index contributed by atoms with van der Waals surface area (Å²) in [6, 6.07) is 0.0977. The molecule has 3 N–H and O–H groups in total. The zero-order valence-corrected chi connectivity index (χ0v) is 10.5. The highest BCUT2D eigenvalue weighted by Gasteiger charge is 2.45. The molecule has 0 bridgehead atoms. The third-order valence-corrected chi connectivity index (χ3v) is 4.52. The van der Waals surface area contributed by atoms with Crippen molar-refractivity contribution in [1.29, 1.82) is 0 Å². The summed E-state index contributed by atoms with van der Waals surface area (Å²) < 4.78 is 5.45. The summed E-state index contributed by atoms with van der Waals surface area (Å²) in [5.74, 6) is 0.127. The van der Waals surface area contributed by atoms with Gasteiger partial charge in [0.1, 0.15) is 5.54 Å². The lowest BCUT2D eigenvalue weighted by molar-refractivity contribution is -0.127. The van der Waals surface area contributed by atoms with Crippen LogP contribution in [0, 0.1) is 0 Å². The minimum Gasteiger partial charge on any atom is -0.391 e. The molecule has 3 aliphatic heterocycles. The molecule has 6 nitrogen and oxygen atoms in total.